The van der Waals surface area contributed by atoms with Crippen LogP contribution in [0.25, 0.3) is 0 Å². The Labute approximate surface area is 123 Å². The minimum absolute atomic E-state index is 0.322. The number of nitrogens with one attached hydrogen (secondary N) is 1. The molecular formula is C18H29NO. The lowest BCUT2D eigenvalue weighted by atomic mass is 9.61. The fourth-order valence-corrected chi connectivity index (χ4v) is 3.28. The van der Waals surface area contributed by atoms with Gasteiger partial charge in [-0.25, -0.2) is 0 Å². The minimum atomic E-state index is 0.322. The molecule has 1 fully saturated rings. The molecule has 112 valence electrons. The molecule has 0 saturated heterocycles. The first-order chi connectivity index (χ1) is 9.70. The van der Waals surface area contributed by atoms with Crippen molar-refractivity contribution in [2.75, 3.05) is 13.2 Å². The van der Waals surface area contributed by atoms with Crippen molar-refractivity contribution in [3.05, 3.63) is 35.9 Å². The van der Waals surface area contributed by atoms with E-state index in [1.165, 1.54) is 24.8 Å². The molecule has 1 aromatic carbocycles. The molecule has 20 heavy (non-hydrogen) atoms. The number of hydrogen-bond acceptors (Lipinski definition) is 2. The van der Waals surface area contributed by atoms with Crippen LogP contribution in [-0.2, 0) is 11.2 Å². The van der Waals surface area contributed by atoms with E-state index in [2.05, 4.69) is 56.4 Å². The van der Waals surface area contributed by atoms with Crippen LogP contribution in [0.5, 0.6) is 0 Å². The summed E-state index contributed by atoms with van der Waals surface area (Å²) in [6.07, 6.45) is 5.18. The standard InChI is InChI=1S/C18H29NO/c1-4-18(3)16(14-17(18)20-5-2)19-13-9-12-15-10-7-6-8-11-15/h6-8,10-11,16-17,19H,4-5,9,12-14H2,1-3H3. The first-order valence-electron chi connectivity index (χ1n) is 8.09. The number of rotatable bonds is 8. The average Bonchev–Trinajstić information content (AvgIpc) is 2.49. The Morgan fingerprint density at radius 1 is 1.25 bits per heavy atom. The monoisotopic (exact) mass is 275 g/mol. The van der Waals surface area contributed by atoms with Gasteiger partial charge in [-0.15, -0.1) is 0 Å². The van der Waals surface area contributed by atoms with E-state index >= 15 is 0 Å². The summed E-state index contributed by atoms with van der Waals surface area (Å²) < 4.78 is 5.85. The van der Waals surface area contributed by atoms with Crippen LogP contribution in [0.3, 0.4) is 0 Å². The van der Waals surface area contributed by atoms with Gasteiger partial charge in [0.2, 0.25) is 0 Å². The van der Waals surface area contributed by atoms with Crippen LogP contribution >= 0.6 is 0 Å². The number of hydrogen-bond donors (Lipinski definition) is 1. The highest BCUT2D eigenvalue weighted by Gasteiger charge is 2.50. The van der Waals surface area contributed by atoms with E-state index in [1.54, 1.807) is 0 Å². The normalized spacial score (nSPS) is 29.1. The summed E-state index contributed by atoms with van der Waals surface area (Å²) in [6, 6.07) is 11.4. The van der Waals surface area contributed by atoms with Crippen LogP contribution in [0.4, 0.5) is 0 Å². The molecule has 2 rings (SSSR count). The minimum Gasteiger partial charge on any atom is -0.378 e. The molecule has 0 amide bonds. The van der Waals surface area contributed by atoms with Crippen molar-refractivity contribution >= 4 is 0 Å². The highest BCUT2D eigenvalue weighted by molar-refractivity contribution is 5.14. The molecule has 0 aromatic heterocycles. The van der Waals surface area contributed by atoms with Gasteiger partial charge in [-0.1, -0.05) is 44.2 Å². The number of aryl methyl sites for hydroxylation is 1. The van der Waals surface area contributed by atoms with Crippen LogP contribution in [0, 0.1) is 5.41 Å². The Morgan fingerprint density at radius 3 is 2.65 bits per heavy atom. The number of ether oxygens (including phenoxy) is 1. The largest absolute Gasteiger partial charge is 0.378 e. The van der Waals surface area contributed by atoms with Crippen LogP contribution in [0.15, 0.2) is 30.3 Å². The Balaban J connectivity index is 1.70. The molecular weight excluding hydrogens is 246 g/mol. The topological polar surface area (TPSA) is 21.3 Å². The van der Waals surface area contributed by atoms with E-state index in [4.69, 9.17) is 4.74 Å². The van der Waals surface area contributed by atoms with Gasteiger partial charge < -0.3 is 10.1 Å². The van der Waals surface area contributed by atoms with Crippen LogP contribution in [0.2, 0.25) is 0 Å². The smallest absolute Gasteiger partial charge is 0.0658 e. The van der Waals surface area contributed by atoms with Gasteiger partial charge in [-0.05, 0) is 44.7 Å². The SMILES string of the molecule is CCOC1CC(NCCCc2ccccc2)C1(C)CC. The zero-order chi connectivity index (χ0) is 14.4. The lowest BCUT2D eigenvalue weighted by Gasteiger charge is -2.53. The molecule has 1 N–H and O–H groups in total. The zero-order valence-electron chi connectivity index (χ0n) is 13.2. The molecule has 0 bridgehead atoms. The Morgan fingerprint density at radius 2 is 2.00 bits per heavy atom. The van der Waals surface area contributed by atoms with Crippen molar-refractivity contribution in [1.82, 2.24) is 5.32 Å². The summed E-state index contributed by atoms with van der Waals surface area (Å²) in [5.41, 5.74) is 1.76. The van der Waals surface area contributed by atoms with E-state index in [0.717, 1.165) is 19.6 Å². The molecule has 0 heterocycles. The lowest BCUT2D eigenvalue weighted by Crippen LogP contribution is -2.62. The van der Waals surface area contributed by atoms with Crippen molar-refractivity contribution in [3.63, 3.8) is 0 Å². The first kappa shape index (κ1) is 15.5. The van der Waals surface area contributed by atoms with E-state index in [1.807, 2.05) is 0 Å². The van der Waals surface area contributed by atoms with Crippen molar-refractivity contribution in [2.24, 2.45) is 5.41 Å². The maximum atomic E-state index is 5.85. The second-order valence-corrected chi connectivity index (χ2v) is 6.13. The fraction of sp³-hybridized carbons (Fsp3) is 0.667. The molecule has 1 aliphatic carbocycles. The van der Waals surface area contributed by atoms with Gasteiger partial charge in [0.05, 0.1) is 6.10 Å². The van der Waals surface area contributed by atoms with Crippen LogP contribution in [0.1, 0.15) is 45.6 Å². The maximum absolute atomic E-state index is 5.85. The van der Waals surface area contributed by atoms with Gasteiger partial charge in [-0.3, -0.25) is 0 Å². The molecule has 2 nitrogen and oxygen atoms in total. The molecule has 2 heteroatoms. The summed E-state index contributed by atoms with van der Waals surface area (Å²) in [7, 11) is 0. The van der Waals surface area contributed by atoms with Gasteiger partial charge >= 0.3 is 0 Å². The Kier molecular flexibility index (Phi) is 5.62. The average molecular weight is 275 g/mol. The Hall–Kier alpha value is -0.860. The zero-order valence-corrected chi connectivity index (χ0v) is 13.2. The van der Waals surface area contributed by atoms with Crippen molar-refractivity contribution in [1.29, 1.82) is 0 Å². The van der Waals surface area contributed by atoms with Gasteiger partial charge in [0.15, 0.2) is 0 Å². The molecule has 3 atom stereocenters. The highest BCUT2D eigenvalue weighted by atomic mass is 16.5. The second kappa shape index (κ2) is 7.24. The van der Waals surface area contributed by atoms with Gasteiger partial charge in [0, 0.05) is 18.1 Å². The Bertz CT molecular complexity index is 392. The summed E-state index contributed by atoms with van der Waals surface area (Å²) in [5.74, 6) is 0. The van der Waals surface area contributed by atoms with Crippen molar-refractivity contribution < 1.29 is 4.74 Å². The molecule has 0 aliphatic heterocycles. The van der Waals surface area contributed by atoms with E-state index in [9.17, 15) is 0 Å². The predicted octanol–water partition coefficient (Wildman–Crippen LogP) is 3.80. The maximum Gasteiger partial charge on any atom is 0.0658 e. The second-order valence-electron chi connectivity index (χ2n) is 6.13. The van der Waals surface area contributed by atoms with Crippen LogP contribution < -0.4 is 5.32 Å². The van der Waals surface area contributed by atoms with Crippen molar-refractivity contribution in [3.8, 4) is 0 Å². The third-order valence-electron chi connectivity index (χ3n) is 4.99. The molecule has 0 radical (unpaired) electrons. The summed E-state index contributed by atoms with van der Waals surface area (Å²) in [5, 5.41) is 3.74. The lowest BCUT2D eigenvalue weighted by molar-refractivity contribution is -0.125. The third kappa shape index (κ3) is 3.42. The first-order valence-corrected chi connectivity index (χ1v) is 8.09. The quantitative estimate of drug-likeness (QED) is 0.729. The molecule has 0 spiro atoms. The van der Waals surface area contributed by atoms with Gasteiger partial charge in [0.1, 0.15) is 0 Å². The van der Waals surface area contributed by atoms with Crippen LogP contribution in [-0.4, -0.2) is 25.3 Å². The molecule has 1 saturated carbocycles. The summed E-state index contributed by atoms with van der Waals surface area (Å²) in [6.45, 7) is 8.68. The molecule has 1 aromatic rings. The predicted molar refractivity (Wildman–Crippen MR) is 85.0 cm³/mol. The van der Waals surface area contributed by atoms with Gasteiger partial charge in [-0.2, -0.15) is 0 Å². The van der Waals surface area contributed by atoms with Crippen molar-refractivity contribution in [2.45, 2.75) is 58.6 Å². The summed E-state index contributed by atoms with van der Waals surface area (Å²) >= 11 is 0. The summed E-state index contributed by atoms with van der Waals surface area (Å²) in [4.78, 5) is 0. The van der Waals surface area contributed by atoms with E-state index < -0.39 is 0 Å². The third-order valence-corrected chi connectivity index (χ3v) is 4.99. The fourth-order valence-electron chi connectivity index (χ4n) is 3.28. The van der Waals surface area contributed by atoms with Gasteiger partial charge in [0.25, 0.3) is 0 Å². The highest BCUT2D eigenvalue weighted by Crippen LogP contribution is 2.45. The number of benzene rings is 1. The molecule has 3 unspecified atom stereocenters. The van der Waals surface area contributed by atoms with E-state index in [-0.39, 0.29) is 0 Å². The van der Waals surface area contributed by atoms with E-state index in [0.29, 0.717) is 17.6 Å². The molecule has 1 aliphatic rings.